The van der Waals surface area contributed by atoms with Gasteiger partial charge in [0.25, 0.3) is 5.91 Å². The van der Waals surface area contributed by atoms with Crippen molar-refractivity contribution in [1.29, 1.82) is 0 Å². The van der Waals surface area contributed by atoms with E-state index < -0.39 is 11.7 Å². The Morgan fingerprint density at radius 1 is 1.12 bits per heavy atom. The number of nitrogens with one attached hydrogen (secondary N) is 1. The fourth-order valence-corrected chi connectivity index (χ4v) is 3.97. The van der Waals surface area contributed by atoms with Crippen LogP contribution >= 0.6 is 0 Å². The van der Waals surface area contributed by atoms with Gasteiger partial charge in [0.15, 0.2) is 11.5 Å². The molecule has 8 heteroatoms. The molecule has 0 spiro atoms. The number of hydrogen-bond acceptors (Lipinski definition) is 5. The molecule has 2 heterocycles. The molecule has 0 atom stereocenters. The number of piperazine rings is 1. The molecule has 33 heavy (non-hydrogen) atoms. The summed E-state index contributed by atoms with van der Waals surface area (Å²) in [6, 6.07) is 13.0. The van der Waals surface area contributed by atoms with E-state index in [1.165, 1.54) is 23.1 Å². The van der Waals surface area contributed by atoms with Gasteiger partial charge in [-0.3, -0.25) is 14.5 Å². The number of carbonyl (C=O) groups is 2. The van der Waals surface area contributed by atoms with E-state index in [2.05, 4.69) is 22.2 Å². The average Bonchev–Trinajstić information content (AvgIpc) is 2.81. The highest BCUT2D eigenvalue weighted by atomic mass is 19.1. The first kappa shape index (κ1) is 22.9. The minimum absolute atomic E-state index is 0.0437. The number of ether oxygens (including phenoxy) is 1. The highest BCUT2D eigenvalue weighted by Gasteiger charge is 2.31. The van der Waals surface area contributed by atoms with Crippen molar-refractivity contribution in [2.45, 2.75) is 6.42 Å². The molecule has 0 aromatic heterocycles. The predicted molar refractivity (Wildman–Crippen MR) is 125 cm³/mol. The Balaban J connectivity index is 1.38. The maximum absolute atomic E-state index is 13.6. The second-order valence-corrected chi connectivity index (χ2v) is 8.37. The molecule has 0 unspecified atom stereocenters. The molecular weight excluding hydrogens is 423 g/mol. The fraction of sp³-hybridized carbons (Fsp3) is 0.360. The lowest BCUT2D eigenvalue weighted by atomic mass is 10.1. The van der Waals surface area contributed by atoms with Gasteiger partial charge in [0, 0.05) is 32.7 Å². The first-order valence-corrected chi connectivity index (χ1v) is 11.2. The zero-order valence-corrected chi connectivity index (χ0v) is 18.8. The SMILES string of the molecule is CN1CCN(CCCNC(=O)CN2C(=O)/C(=C\c3cccc(F)c3)Oc3ccccc32)CC1. The average molecular weight is 453 g/mol. The van der Waals surface area contributed by atoms with Crippen LogP contribution in [0.25, 0.3) is 6.08 Å². The third kappa shape index (κ3) is 5.97. The summed E-state index contributed by atoms with van der Waals surface area (Å²) in [4.78, 5) is 31.9. The molecule has 2 aliphatic rings. The smallest absolute Gasteiger partial charge is 0.294 e. The molecule has 0 bridgehead atoms. The van der Waals surface area contributed by atoms with E-state index >= 15 is 0 Å². The minimum Gasteiger partial charge on any atom is -0.449 e. The molecule has 1 N–H and O–H groups in total. The number of amides is 2. The number of likely N-dealkylation sites (N-methyl/N-ethyl adjacent to an activating group) is 1. The van der Waals surface area contributed by atoms with Crippen LogP contribution in [0.4, 0.5) is 10.1 Å². The highest BCUT2D eigenvalue weighted by Crippen LogP contribution is 2.35. The zero-order valence-electron chi connectivity index (χ0n) is 18.8. The van der Waals surface area contributed by atoms with Gasteiger partial charge in [-0.15, -0.1) is 0 Å². The summed E-state index contributed by atoms with van der Waals surface area (Å²) in [6.07, 6.45) is 2.34. The summed E-state index contributed by atoms with van der Waals surface area (Å²) in [6.45, 7) is 5.60. The lowest BCUT2D eigenvalue weighted by Gasteiger charge is -2.32. The molecule has 0 saturated carbocycles. The molecule has 7 nitrogen and oxygen atoms in total. The summed E-state index contributed by atoms with van der Waals surface area (Å²) in [5.41, 5.74) is 1.04. The van der Waals surface area contributed by atoms with Crippen LogP contribution in [0.1, 0.15) is 12.0 Å². The topological polar surface area (TPSA) is 65.1 Å². The Kier molecular flexibility index (Phi) is 7.36. The molecule has 2 aromatic carbocycles. The molecule has 1 fully saturated rings. The van der Waals surface area contributed by atoms with Crippen LogP contribution in [0, 0.1) is 5.82 Å². The molecule has 0 radical (unpaired) electrons. The Morgan fingerprint density at radius 3 is 2.70 bits per heavy atom. The van der Waals surface area contributed by atoms with Crippen LogP contribution in [0.5, 0.6) is 5.75 Å². The number of hydrogen-bond donors (Lipinski definition) is 1. The van der Waals surface area contributed by atoms with Crippen molar-refractivity contribution >= 4 is 23.6 Å². The third-order valence-electron chi connectivity index (χ3n) is 5.85. The van der Waals surface area contributed by atoms with Crippen molar-refractivity contribution in [2.75, 3.05) is 57.8 Å². The first-order valence-electron chi connectivity index (χ1n) is 11.2. The summed E-state index contributed by atoms with van der Waals surface area (Å²) >= 11 is 0. The fourth-order valence-electron chi connectivity index (χ4n) is 3.97. The van der Waals surface area contributed by atoms with E-state index in [4.69, 9.17) is 4.74 Å². The molecule has 4 rings (SSSR count). The number of halogens is 1. The van der Waals surface area contributed by atoms with Gasteiger partial charge in [0.1, 0.15) is 12.4 Å². The van der Waals surface area contributed by atoms with Gasteiger partial charge in [-0.2, -0.15) is 0 Å². The number of rotatable bonds is 7. The molecule has 2 amide bonds. The van der Waals surface area contributed by atoms with E-state index in [1.807, 2.05) is 0 Å². The second-order valence-electron chi connectivity index (χ2n) is 8.37. The van der Waals surface area contributed by atoms with Gasteiger partial charge in [-0.25, -0.2) is 4.39 Å². The maximum Gasteiger partial charge on any atom is 0.294 e. The van der Waals surface area contributed by atoms with Gasteiger partial charge < -0.3 is 19.9 Å². The largest absolute Gasteiger partial charge is 0.449 e. The minimum atomic E-state index is -0.439. The van der Waals surface area contributed by atoms with Gasteiger partial charge in [0.2, 0.25) is 5.91 Å². The summed E-state index contributed by atoms with van der Waals surface area (Å²) in [7, 11) is 2.13. The maximum atomic E-state index is 13.6. The number of nitrogens with zero attached hydrogens (tertiary/aromatic N) is 3. The lowest BCUT2D eigenvalue weighted by molar-refractivity contribution is -0.123. The van der Waals surface area contributed by atoms with E-state index in [-0.39, 0.29) is 18.2 Å². The van der Waals surface area contributed by atoms with Crippen molar-refractivity contribution in [1.82, 2.24) is 15.1 Å². The molecule has 0 aliphatic carbocycles. The van der Waals surface area contributed by atoms with Crippen molar-refractivity contribution in [2.24, 2.45) is 0 Å². The lowest BCUT2D eigenvalue weighted by Crippen LogP contribution is -2.46. The summed E-state index contributed by atoms with van der Waals surface area (Å²) in [5, 5.41) is 2.92. The van der Waals surface area contributed by atoms with E-state index in [9.17, 15) is 14.0 Å². The number of carbonyl (C=O) groups excluding carboxylic acids is 2. The zero-order chi connectivity index (χ0) is 23.2. The Labute approximate surface area is 193 Å². The summed E-state index contributed by atoms with van der Waals surface area (Å²) in [5.74, 6) is -0.556. The van der Waals surface area contributed by atoms with Gasteiger partial charge in [-0.05, 0) is 55.9 Å². The molecule has 174 valence electrons. The predicted octanol–water partition coefficient (Wildman–Crippen LogP) is 2.35. The van der Waals surface area contributed by atoms with Crippen LogP contribution < -0.4 is 15.0 Å². The van der Waals surface area contributed by atoms with Crippen LogP contribution in [0.3, 0.4) is 0 Å². The highest BCUT2D eigenvalue weighted by molar-refractivity contribution is 6.12. The Morgan fingerprint density at radius 2 is 1.91 bits per heavy atom. The standard InChI is InChI=1S/C25H29FN4O3/c1-28-12-14-29(15-13-28)11-5-10-27-24(31)18-30-21-8-2-3-9-22(21)33-23(25(30)32)17-19-6-4-7-20(26)16-19/h2-4,6-9,16-17H,5,10-15,18H2,1H3,(H,27,31)/b23-17+. The number of fused-ring (bicyclic) bond motifs is 1. The molecular formula is C25H29FN4O3. The van der Waals surface area contributed by atoms with Crippen LogP contribution in [0.2, 0.25) is 0 Å². The normalized spacial score (nSPS) is 18.2. The Bertz CT molecular complexity index is 1030. The third-order valence-corrected chi connectivity index (χ3v) is 5.85. The quantitative estimate of drug-likeness (QED) is 0.516. The second kappa shape index (κ2) is 10.6. The van der Waals surface area contributed by atoms with Crippen LogP contribution in [0.15, 0.2) is 54.3 Å². The molecule has 1 saturated heterocycles. The monoisotopic (exact) mass is 452 g/mol. The van der Waals surface area contributed by atoms with Crippen molar-refractivity contribution in [3.8, 4) is 5.75 Å². The van der Waals surface area contributed by atoms with Gasteiger partial charge in [0.05, 0.1) is 5.69 Å². The Hall–Kier alpha value is -3.23. The van der Waals surface area contributed by atoms with Crippen molar-refractivity contribution < 1.29 is 18.7 Å². The van der Waals surface area contributed by atoms with Gasteiger partial charge >= 0.3 is 0 Å². The molecule has 2 aromatic rings. The summed E-state index contributed by atoms with van der Waals surface area (Å²) < 4.78 is 19.3. The van der Waals surface area contributed by atoms with Crippen molar-refractivity contribution in [3.05, 3.63) is 65.7 Å². The number of anilines is 1. The first-order chi connectivity index (χ1) is 16.0. The number of benzene rings is 2. The number of para-hydroxylation sites is 2. The van der Waals surface area contributed by atoms with E-state index in [0.29, 0.717) is 23.5 Å². The van der Waals surface area contributed by atoms with E-state index in [1.54, 1.807) is 36.4 Å². The van der Waals surface area contributed by atoms with Gasteiger partial charge in [-0.1, -0.05) is 24.3 Å². The van der Waals surface area contributed by atoms with Crippen molar-refractivity contribution in [3.63, 3.8) is 0 Å². The van der Waals surface area contributed by atoms with Crippen LogP contribution in [-0.4, -0.2) is 74.5 Å². The molecule has 2 aliphatic heterocycles. The van der Waals surface area contributed by atoms with Crippen LogP contribution in [-0.2, 0) is 9.59 Å². The van der Waals surface area contributed by atoms with E-state index in [0.717, 1.165) is 39.1 Å².